The largest absolute Gasteiger partial charge is 0.481 e. The fraction of sp³-hybridized carbons (Fsp3) is 0.667. The minimum absolute atomic E-state index is 0.250. The van der Waals surface area contributed by atoms with Crippen LogP contribution >= 0.6 is 0 Å². The average Bonchev–Trinajstić information content (AvgIpc) is 2.52. The molecule has 1 aromatic rings. The summed E-state index contributed by atoms with van der Waals surface area (Å²) in [5.41, 5.74) is -1.12. The SMILES string of the molecule is COc1cccc(C2(O)CC3COCC(C2)N3C(=O)OC(C)(C)C)n1. The van der Waals surface area contributed by atoms with E-state index in [4.69, 9.17) is 14.2 Å². The second-order valence-electron chi connectivity index (χ2n) is 7.74. The summed E-state index contributed by atoms with van der Waals surface area (Å²) < 4.78 is 16.3. The zero-order valence-corrected chi connectivity index (χ0v) is 15.2. The van der Waals surface area contributed by atoms with E-state index in [2.05, 4.69) is 4.98 Å². The smallest absolute Gasteiger partial charge is 0.410 e. The minimum Gasteiger partial charge on any atom is -0.481 e. The van der Waals surface area contributed by atoms with Crippen LogP contribution in [0.3, 0.4) is 0 Å². The summed E-state index contributed by atoms with van der Waals surface area (Å²) in [5.74, 6) is 0.460. The van der Waals surface area contributed by atoms with E-state index >= 15 is 0 Å². The van der Waals surface area contributed by atoms with Crippen LogP contribution in [-0.4, -0.2) is 59.1 Å². The number of amides is 1. The maximum absolute atomic E-state index is 12.6. The van der Waals surface area contributed by atoms with Crippen molar-refractivity contribution >= 4 is 6.09 Å². The molecular formula is C18H26N2O5. The molecule has 2 bridgehead atoms. The van der Waals surface area contributed by atoms with Crippen LogP contribution in [0.2, 0.25) is 0 Å². The van der Waals surface area contributed by atoms with E-state index in [0.29, 0.717) is 37.6 Å². The van der Waals surface area contributed by atoms with Gasteiger partial charge in [0.1, 0.15) is 11.2 Å². The number of hydrogen-bond donors (Lipinski definition) is 1. The number of aromatic nitrogens is 1. The molecule has 2 aliphatic heterocycles. The Bertz CT molecular complexity index is 629. The molecule has 2 saturated heterocycles. The van der Waals surface area contributed by atoms with Crippen LogP contribution < -0.4 is 4.74 Å². The van der Waals surface area contributed by atoms with Gasteiger partial charge in [-0.15, -0.1) is 0 Å². The van der Waals surface area contributed by atoms with Crippen molar-refractivity contribution in [2.24, 2.45) is 0 Å². The van der Waals surface area contributed by atoms with E-state index in [1.54, 1.807) is 24.1 Å². The molecule has 0 aliphatic carbocycles. The molecule has 2 atom stereocenters. The molecule has 3 heterocycles. The van der Waals surface area contributed by atoms with Crippen LogP contribution in [-0.2, 0) is 15.1 Å². The van der Waals surface area contributed by atoms with Crippen LogP contribution in [0.25, 0.3) is 0 Å². The number of ether oxygens (including phenoxy) is 3. The van der Waals surface area contributed by atoms with Gasteiger partial charge in [0.15, 0.2) is 0 Å². The van der Waals surface area contributed by atoms with Gasteiger partial charge in [0.05, 0.1) is 38.1 Å². The number of morpholine rings is 1. The molecule has 25 heavy (non-hydrogen) atoms. The van der Waals surface area contributed by atoms with E-state index in [-0.39, 0.29) is 18.2 Å². The molecule has 1 amide bonds. The first kappa shape index (κ1) is 17.9. The summed E-state index contributed by atoms with van der Waals surface area (Å²) in [6.07, 6.45) is 0.345. The van der Waals surface area contributed by atoms with Gasteiger partial charge in [-0.25, -0.2) is 9.78 Å². The number of carbonyl (C=O) groups is 1. The molecule has 2 fully saturated rings. The predicted molar refractivity (Wildman–Crippen MR) is 90.4 cm³/mol. The highest BCUT2D eigenvalue weighted by molar-refractivity contribution is 5.69. The van der Waals surface area contributed by atoms with Crippen molar-refractivity contribution in [3.63, 3.8) is 0 Å². The quantitative estimate of drug-likeness (QED) is 0.879. The lowest BCUT2D eigenvalue weighted by molar-refractivity contribution is -0.142. The third kappa shape index (κ3) is 3.72. The molecule has 0 radical (unpaired) electrons. The topological polar surface area (TPSA) is 81.1 Å². The number of methoxy groups -OCH3 is 1. The third-order valence-corrected chi connectivity index (χ3v) is 4.57. The van der Waals surface area contributed by atoms with Gasteiger partial charge in [0.25, 0.3) is 0 Å². The Morgan fingerprint density at radius 1 is 1.32 bits per heavy atom. The van der Waals surface area contributed by atoms with Gasteiger partial charge in [-0.2, -0.15) is 0 Å². The highest BCUT2D eigenvalue weighted by Gasteiger charge is 2.50. The second kappa shape index (κ2) is 6.46. The average molecular weight is 350 g/mol. The van der Waals surface area contributed by atoms with Crippen LogP contribution in [0.4, 0.5) is 4.79 Å². The van der Waals surface area contributed by atoms with Crippen molar-refractivity contribution in [1.82, 2.24) is 9.88 Å². The molecule has 7 nitrogen and oxygen atoms in total. The Morgan fingerprint density at radius 2 is 1.96 bits per heavy atom. The lowest BCUT2D eigenvalue weighted by atomic mass is 9.79. The first-order valence-corrected chi connectivity index (χ1v) is 8.55. The van der Waals surface area contributed by atoms with Gasteiger partial charge in [0, 0.05) is 18.9 Å². The van der Waals surface area contributed by atoms with Crippen molar-refractivity contribution in [2.75, 3.05) is 20.3 Å². The summed E-state index contributed by atoms with van der Waals surface area (Å²) >= 11 is 0. The molecule has 0 spiro atoms. The number of aliphatic hydroxyl groups is 1. The van der Waals surface area contributed by atoms with E-state index in [9.17, 15) is 9.90 Å². The summed E-state index contributed by atoms with van der Waals surface area (Å²) in [4.78, 5) is 18.7. The summed E-state index contributed by atoms with van der Waals surface area (Å²) in [6.45, 7) is 6.29. The van der Waals surface area contributed by atoms with Crippen molar-refractivity contribution in [3.05, 3.63) is 23.9 Å². The molecule has 7 heteroatoms. The van der Waals surface area contributed by atoms with Crippen molar-refractivity contribution in [2.45, 2.75) is 56.9 Å². The maximum Gasteiger partial charge on any atom is 0.410 e. The zero-order chi connectivity index (χ0) is 18.2. The van der Waals surface area contributed by atoms with Crippen molar-refractivity contribution in [1.29, 1.82) is 0 Å². The van der Waals surface area contributed by atoms with Gasteiger partial charge >= 0.3 is 6.09 Å². The molecule has 0 aromatic carbocycles. The summed E-state index contributed by atoms with van der Waals surface area (Å²) in [7, 11) is 1.55. The number of piperidine rings is 1. The Balaban J connectivity index is 1.84. The fourth-order valence-corrected chi connectivity index (χ4v) is 3.59. The molecule has 1 aromatic heterocycles. The van der Waals surface area contributed by atoms with Crippen LogP contribution in [0.1, 0.15) is 39.3 Å². The molecule has 2 aliphatic rings. The number of nitrogens with zero attached hydrogens (tertiary/aromatic N) is 2. The summed E-state index contributed by atoms with van der Waals surface area (Å²) in [5, 5.41) is 11.2. The lowest BCUT2D eigenvalue weighted by Crippen LogP contribution is -2.63. The van der Waals surface area contributed by atoms with Gasteiger partial charge in [-0.3, -0.25) is 4.90 Å². The molecule has 1 N–H and O–H groups in total. The number of carbonyl (C=O) groups excluding carboxylic acids is 1. The van der Waals surface area contributed by atoms with Gasteiger partial charge in [-0.05, 0) is 26.8 Å². The number of fused-ring (bicyclic) bond motifs is 2. The Morgan fingerprint density at radius 3 is 2.52 bits per heavy atom. The van der Waals surface area contributed by atoms with Crippen LogP contribution in [0.5, 0.6) is 5.88 Å². The Kier molecular flexibility index (Phi) is 4.64. The van der Waals surface area contributed by atoms with E-state index < -0.39 is 11.2 Å². The highest BCUT2D eigenvalue weighted by atomic mass is 16.6. The number of hydrogen-bond acceptors (Lipinski definition) is 6. The molecule has 0 saturated carbocycles. The Labute approximate surface area is 147 Å². The second-order valence-corrected chi connectivity index (χ2v) is 7.74. The normalized spacial score (nSPS) is 29.2. The predicted octanol–water partition coefficient (Wildman–Crippen LogP) is 2.08. The van der Waals surface area contributed by atoms with E-state index in [0.717, 1.165) is 0 Å². The van der Waals surface area contributed by atoms with Gasteiger partial charge in [0.2, 0.25) is 5.88 Å². The van der Waals surface area contributed by atoms with E-state index in [1.165, 1.54) is 0 Å². The molecular weight excluding hydrogens is 324 g/mol. The van der Waals surface area contributed by atoms with Crippen molar-refractivity contribution in [3.8, 4) is 5.88 Å². The first-order chi connectivity index (χ1) is 11.7. The molecule has 138 valence electrons. The molecule has 3 rings (SSSR count). The minimum atomic E-state index is -1.12. The van der Waals surface area contributed by atoms with Gasteiger partial charge < -0.3 is 19.3 Å². The summed E-state index contributed by atoms with van der Waals surface area (Å²) in [6, 6.07) is 4.85. The monoisotopic (exact) mass is 350 g/mol. The number of rotatable bonds is 2. The Hall–Kier alpha value is -1.86. The fourth-order valence-electron chi connectivity index (χ4n) is 3.59. The standard InChI is InChI=1S/C18H26N2O5/c1-17(2,3)25-16(21)20-12-8-18(22,9-13(20)11-24-10-12)14-6-5-7-15(19-14)23-4/h5-7,12-13,22H,8-11H2,1-4H3. The van der Waals surface area contributed by atoms with Crippen molar-refractivity contribution < 1.29 is 24.1 Å². The maximum atomic E-state index is 12.6. The van der Waals surface area contributed by atoms with Gasteiger partial charge in [-0.1, -0.05) is 6.07 Å². The lowest BCUT2D eigenvalue weighted by Gasteiger charge is -2.51. The highest BCUT2D eigenvalue weighted by Crippen LogP contribution is 2.41. The molecule has 2 unspecified atom stereocenters. The third-order valence-electron chi connectivity index (χ3n) is 4.57. The zero-order valence-electron chi connectivity index (χ0n) is 15.2. The van der Waals surface area contributed by atoms with Crippen LogP contribution in [0.15, 0.2) is 18.2 Å². The first-order valence-electron chi connectivity index (χ1n) is 8.55. The van der Waals surface area contributed by atoms with E-state index in [1.807, 2.05) is 26.8 Å². The van der Waals surface area contributed by atoms with Crippen LogP contribution in [0, 0.1) is 0 Å². The number of pyridine rings is 1.